The van der Waals surface area contributed by atoms with Crippen LogP contribution >= 0.6 is 48.9 Å². The molecule has 0 saturated carbocycles. The van der Waals surface area contributed by atoms with E-state index in [0.29, 0.717) is 0 Å². The van der Waals surface area contributed by atoms with Gasteiger partial charge >= 0.3 is 0 Å². The summed E-state index contributed by atoms with van der Waals surface area (Å²) in [6, 6.07) is 39.5. The number of benzene rings is 4. The van der Waals surface area contributed by atoms with Crippen molar-refractivity contribution in [2.24, 2.45) is 0 Å². The van der Waals surface area contributed by atoms with Gasteiger partial charge in [0, 0.05) is 17.1 Å². The summed E-state index contributed by atoms with van der Waals surface area (Å²) < 4.78 is 0. The van der Waals surface area contributed by atoms with E-state index in [4.69, 9.17) is 48.9 Å². The molecular weight excluding hydrogens is 520 g/mol. The van der Waals surface area contributed by atoms with Crippen LogP contribution in [0.3, 0.4) is 0 Å². The van der Waals surface area contributed by atoms with E-state index in [0.717, 1.165) is 41.7 Å². The van der Waals surface area contributed by atoms with Crippen molar-refractivity contribution in [1.29, 1.82) is 0 Å². The predicted molar refractivity (Wildman–Crippen MR) is 153 cm³/mol. The van der Waals surface area contributed by atoms with Crippen molar-refractivity contribution in [3.63, 3.8) is 0 Å². The van der Waals surface area contributed by atoms with Crippen molar-refractivity contribution in [3.05, 3.63) is 144 Å². The van der Waals surface area contributed by atoms with E-state index in [-0.39, 0.29) is 17.1 Å². The van der Waals surface area contributed by atoms with Crippen LogP contribution in [0.1, 0.15) is 22.3 Å². The molecule has 0 heterocycles. The van der Waals surface area contributed by atoms with Crippen LogP contribution in [-0.4, -0.2) is 19.5 Å². The minimum atomic E-state index is 0. The fourth-order valence-electron chi connectivity index (χ4n) is 2.88. The van der Waals surface area contributed by atoms with Gasteiger partial charge in [0.2, 0.25) is 0 Å². The maximum Gasteiger partial charge on any atom is 0.0636 e. The Morgan fingerprint density at radius 1 is 0.303 bits per heavy atom. The second-order valence-corrected chi connectivity index (χ2v) is 8.41. The molecule has 0 bridgehead atoms. The minimum Gasteiger partial charge on any atom is -0.0778 e. The first-order chi connectivity index (χ1) is 15.6. The van der Waals surface area contributed by atoms with Crippen molar-refractivity contribution in [3.8, 4) is 0 Å². The van der Waals surface area contributed by atoms with Gasteiger partial charge in [0.15, 0.2) is 0 Å². The Balaban J connectivity index is 0.000000227. The zero-order valence-corrected chi connectivity index (χ0v) is 21.9. The van der Waals surface area contributed by atoms with Gasteiger partial charge in [-0.05, 0) is 22.3 Å². The molecule has 0 aliphatic heterocycles. The van der Waals surface area contributed by atoms with Crippen LogP contribution in [0, 0.1) is 0 Å². The molecule has 0 aliphatic rings. The summed E-state index contributed by atoms with van der Waals surface area (Å²) in [5.41, 5.74) is 4.02. The molecule has 0 saturated heterocycles. The van der Waals surface area contributed by atoms with Crippen LogP contribution in [0.5, 0.6) is 0 Å². The number of rotatable bonds is 6. The van der Waals surface area contributed by atoms with Crippen molar-refractivity contribution < 1.29 is 17.1 Å². The van der Waals surface area contributed by atoms with E-state index in [1.807, 2.05) is 121 Å². The summed E-state index contributed by atoms with van der Waals surface area (Å²) >= 11 is 21.5. The summed E-state index contributed by atoms with van der Waals surface area (Å²) in [6.07, 6.45) is 0. The average molecular weight is 541 g/mol. The molecule has 0 unspecified atom stereocenters. The molecule has 33 heavy (non-hydrogen) atoms. The second kappa shape index (κ2) is 14.1. The standard InChI is InChI=1S/2C14H10S2.Fe/c2*15-13(11-7-3-1-4-8-11)14(16)12-9-5-2-6-10-12;/h2*1-10H;. The largest absolute Gasteiger partial charge is 0.0778 e. The molecule has 0 N–H and O–H groups in total. The molecule has 0 atom stereocenters. The number of thiocarbonyl (C=S) groups is 4. The van der Waals surface area contributed by atoms with E-state index < -0.39 is 0 Å². The first-order valence-electron chi connectivity index (χ1n) is 9.96. The van der Waals surface area contributed by atoms with Crippen LogP contribution in [0.25, 0.3) is 0 Å². The fourth-order valence-corrected chi connectivity index (χ4v) is 3.90. The topological polar surface area (TPSA) is 0 Å². The van der Waals surface area contributed by atoms with Gasteiger partial charge in [0.05, 0.1) is 19.5 Å². The first-order valence-corrected chi connectivity index (χ1v) is 11.6. The van der Waals surface area contributed by atoms with Crippen LogP contribution in [-0.2, 0) is 17.1 Å². The Morgan fingerprint density at radius 3 is 0.606 bits per heavy atom. The molecule has 0 fully saturated rings. The Bertz CT molecular complexity index is 1010. The minimum absolute atomic E-state index is 0. The first kappa shape index (κ1) is 27.0. The molecule has 5 heteroatoms. The van der Waals surface area contributed by atoms with Gasteiger partial charge in [-0.1, -0.05) is 170 Å². The van der Waals surface area contributed by atoms with Gasteiger partial charge in [-0.15, -0.1) is 0 Å². The van der Waals surface area contributed by atoms with Gasteiger partial charge in [-0.2, -0.15) is 0 Å². The maximum absolute atomic E-state index is 5.38. The van der Waals surface area contributed by atoms with E-state index in [9.17, 15) is 0 Å². The molecule has 164 valence electrons. The Morgan fingerprint density at radius 2 is 0.455 bits per heavy atom. The summed E-state index contributed by atoms with van der Waals surface area (Å²) in [5.74, 6) is 0. The van der Waals surface area contributed by atoms with E-state index in [1.165, 1.54) is 0 Å². The third kappa shape index (κ3) is 7.93. The van der Waals surface area contributed by atoms with Crippen molar-refractivity contribution >= 4 is 68.3 Å². The monoisotopic (exact) mass is 540 g/mol. The molecule has 4 aromatic carbocycles. The van der Waals surface area contributed by atoms with Crippen LogP contribution in [0.2, 0.25) is 0 Å². The predicted octanol–water partition coefficient (Wildman–Crippen LogP) is 7.64. The Kier molecular flexibility index (Phi) is 11.6. The summed E-state index contributed by atoms with van der Waals surface area (Å²) in [6.45, 7) is 0. The molecule has 0 spiro atoms. The molecular formula is C28H20FeS4. The van der Waals surface area contributed by atoms with Crippen molar-refractivity contribution in [2.75, 3.05) is 0 Å². The molecule has 4 rings (SSSR count). The molecule has 0 radical (unpaired) electrons. The Hall–Kier alpha value is -2.24. The molecule has 0 amide bonds. The maximum atomic E-state index is 5.38. The summed E-state index contributed by atoms with van der Waals surface area (Å²) in [4.78, 5) is 2.95. The van der Waals surface area contributed by atoms with Crippen LogP contribution in [0.4, 0.5) is 0 Å². The van der Waals surface area contributed by atoms with Gasteiger partial charge < -0.3 is 0 Å². The number of hydrogen-bond acceptors (Lipinski definition) is 4. The number of hydrogen-bond donors (Lipinski definition) is 0. The fraction of sp³-hybridized carbons (Fsp3) is 0. The van der Waals surface area contributed by atoms with Gasteiger partial charge in [-0.25, -0.2) is 0 Å². The van der Waals surface area contributed by atoms with Gasteiger partial charge in [-0.3, -0.25) is 0 Å². The van der Waals surface area contributed by atoms with Crippen molar-refractivity contribution in [2.45, 2.75) is 0 Å². The molecule has 0 nitrogen and oxygen atoms in total. The Labute approximate surface area is 227 Å². The van der Waals surface area contributed by atoms with Gasteiger partial charge in [0.1, 0.15) is 0 Å². The SMILES string of the molecule is S=C(C(=S)c1ccccc1)c1ccccc1.S=C(C(=S)c1ccccc1)c1ccccc1.[Fe]. The van der Waals surface area contributed by atoms with E-state index >= 15 is 0 Å². The van der Waals surface area contributed by atoms with Crippen molar-refractivity contribution in [1.82, 2.24) is 0 Å². The molecule has 0 aromatic heterocycles. The molecule has 4 aromatic rings. The normalized spacial score (nSPS) is 9.45. The second-order valence-electron chi connectivity index (χ2n) is 6.78. The van der Waals surface area contributed by atoms with Crippen LogP contribution in [0.15, 0.2) is 121 Å². The van der Waals surface area contributed by atoms with E-state index in [2.05, 4.69) is 0 Å². The third-order valence-corrected chi connectivity index (χ3v) is 6.57. The quantitative estimate of drug-likeness (QED) is 0.140. The summed E-state index contributed by atoms with van der Waals surface area (Å²) in [7, 11) is 0. The zero-order valence-electron chi connectivity index (χ0n) is 17.5. The molecule has 0 aliphatic carbocycles. The average Bonchev–Trinajstić information content (AvgIpc) is 2.89. The zero-order chi connectivity index (χ0) is 22.8. The summed E-state index contributed by atoms with van der Waals surface area (Å²) in [5, 5.41) is 0. The third-order valence-electron chi connectivity index (χ3n) is 4.56. The smallest absolute Gasteiger partial charge is 0.0636 e. The van der Waals surface area contributed by atoms with Gasteiger partial charge in [0.25, 0.3) is 0 Å². The van der Waals surface area contributed by atoms with Crippen LogP contribution < -0.4 is 0 Å². The van der Waals surface area contributed by atoms with E-state index in [1.54, 1.807) is 0 Å².